The van der Waals surface area contributed by atoms with Gasteiger partial charge in [-0.2, -0.15) is 0 Å². The highest BCUT2D eigenvalue weighted by Crippen LogP contribution is 2.29. The third-order valence-electron chi connectivity index (χ3n) is 4.00. The van der Waals surface area contributed by atoms with E-state index in [4.69, 9.17) is 0 Å². The van der Waals surface area contributed by atoms with Crippen LogP contribution in [-0.2, 0) is 0 Å². The van der Waals surface area contributed by atoms with E-state index in [1.54, 1.807) is 0 Å². The standard InChI is InChI=1S/C16H27N3Si/c1-5-6-7-8-13-16(20(2,3)4)19-15-12-10-9-11-14(15)17-18-19/h9-12,16H,5-8,13H2,1-4H3. The average Bonchev–Trinajstić information content (AvgIpc) is 2.81. The lowest BCUT2D eigenvalue weighted by Gasteiger charge is -2.29. The molecule has 0 N–H and O–H groups in total. The van der Waals surface area contributed by atoms with Gasteiger partial charge < -0.3 is 0 Å². The Labute approximate surface area is 123 Å². The van der Waals surface area contributed by atoms with Gasteiger partial charge in [-0.05, 0) is 18.6 Å². The zero-order chi connectivity index (χ0) is 14.6. The number of rotatable bonds is 7. The summed E-state index contributed by atoms with van der Waals surface area (Å²) in [5.74, 6) is 0. The minimum Gasteiger partial charge on any atom is -0.245 e. The van der Waals surface area contributed by atoms with Crippen molar-refractivity contribution in [2.75, 3.05) is 0 Å². The molecule has 1 unspecified atom stereocenters. The van der Waals surface area contributed by atoms with Crippen molar-refractivity contribution in [3.63, 3.8) is 0 Å². The predicted molar refractivity (Wildman–Crippen MR) is 88.7 cm³/mol. The summed E-state index contributed by atoms with van der Waals surface area (Å²) in [4.78, 5) is 0. The average molecular weight is 289 g/mol. The molecule has 0 aliphatic rings. The molecule has 0 fully saturated rings. The molecule has 3 nitrogen and oxygen atoms in total. The summed E-state index contributed by atoms with van der Waals surface area (Å²) in [5.41, 5.74) is 2.76. The molecule has 20 heavy (non-hydrogen) atoms. The second-order valence-corrected chi connectivity index (χ2v) is 12.2. The summed E-state index contributed by atoms with van der Waals surface area (Å²) in [6.45, 7) is 9.58. The highest BCUT2D eigenvalue weighted by molar-refractivity contribution is 6.76. The minimum absolute atomic E-state index is 0.548. The van der Waals surface area contributed by atoms with E-state index in [0.717, 1.165) is 5.52 Å². The van der Waals surface area contributed by atoms with Crippen molar-refractivity contribution in [2.24, 2.45) is 0 Å². The Balaban J connectivity index is 2.22. The van der Waals surface area contributed by atoms with Gasteiger partial charge in [-0.15, -0.1) is 5.10 Å². The molecule has 1 aromatic carbocycles. The third-order valence-corrected chi connectivity index (χ3v) is 6.54. The van der Waals surface area contributed by atoms with Gasteiger partial charge in [0, 0.05) is 5.67 Å². The van der Waals surface area contributed by atoms with Gasteiger partial charge in [0.05, 0.1) is 13.6 Å². The first kappa shape index (κ1) is 15.2. The van der Waals surface area contributed by atoms with E-state index >= 15 is 0 Å². The van der Waals surface area contributed by atoms with Crippen molar-refractivity contribution in [3.8, 4) is 0 Å². The summed E-state index contributed by atoms with van der Waals surface area (Å²) in [7, 11) is -1.31. The Morgan fingerprint density at radius 2 is 1.85 bits per heavy atom. The van der Waals surface area contributed by atoms with Gasteiger partial charge in [0.2, 0.25) is 0 Å². The Hall–Kier alpha value is -1.16. The monoisotopic (exact) mass is 289 g/mol. The Morgan fingerprint density at radius 3 is 2.55 bits per heavy atom. The van der Waals surface area contributed by atoms with Crippen LogP contribution in [0.25, 0.3) is 11.0 Å². The second kappa shape index (κ2) is 6.53. The van der Waals surface area contributed by atoms with Crippen LogP contribution in [-0.4, -0.2) is 23.1 Å². The Kier molecular flexibility index (Phi) is 4.97. The first-order chi connectivity index (χ1) is 9.54. The Bertz CT molecular complexity index is 542. The molecule has 0 bridgehead atoms. The number of hydrogen-bond donors (Lipinski definition) is 0. The first-order valence-electron chi connectivity index (χ1n) is 7.84. The first-order valence-corrected chi connectivity index (χ1v) is 11.4. The molecule has 0 radical (unpaired) electrons. The van der Waals surface area contributed by atoms with Crippen LogP contribution in [0.1, 0.15) is 44.7 Å². The number of unbranched alkanes of at least 4 members (excludes halogenated alkanes) is 3. The molecule has 0 saturated heterocycles. The maximum absolute atomic E-state index is 4.46. The summed E-state index contributed by atoms with van der Waals surface area (Å²) in [6.07, 6.45) is 6.52. The van der Waals surface area contributed by atoms with Crippen LogP contribution in [0.5, 0.6) is 0 Å². The number of hydrogen-bond acceptors (Lipinski definition) is 2. The van der Waals surface area contributed by atoms with E-state index in [-0.39, 0.29) is 0 Å². The highest BCUT2D eigenvalue weighted by Gasteiger charge is 2.29. The SMILES string of the molecule is CCCCCCC(n1nnc2ccccc21)[Si](C)(C)C. The highest BCUT2D eigenvalue weighted by atomic mass is 28.3. The molecule has 0 spiro atoms. The Morgan fingerprint density at radius 1 is 1.10 bits per heavy atom. The van der Waals surface area contributed by atoms with Crippen molar-refractivity contribution in [1.82, 2.24) is 15.0 Å². The molecule has 2 aromatic rings. The van der Waals surface area contributed by atoms with E-state index in [9.17, 15) is 0 Å². The van der Waals surface area contributed by atoms with Crippen molar-refractivity contribution in [1.29, 1.82) is 0 Å². The van der Waals surface area contributed by atoms with Crippen LogP contribution in [0, 0.1) is 0 Å². The molecule has 1 heterocycles. The molecule has 110 valence electrons. The van der Waals surface area contributed by atoms with E-state index in [0.29, 0.717) is 5.67 Å². The van der Waals surface area contributed by atoms with Crippen molar-refractivity contribution < 1.29 is 0 Å². The van der Waals surface area contributed by atoms with Crippen molar-refractivity contribution in [3.05, 3.63) is 24.3 Å². The van der Waals surface area contributed by atoms with Crippen molar-refractivity contribution in [2.45, 2.75) is 64.3 Å². The zero-order valence-electron chi connectivity index (χ0n) is 13.3. The summed E-state index contributed by atoms with van der Waals surface area (Å²) in [5, 5.41) is 8.80. The van der Waals surface area contributed by atoms with Crippen LogP contribution in [0.2, 0.25) is 19.6 Å². The fraction of sp³-hybridized carbons (Fsp3) is 0.625. The lowest BCUT2D eigenvalue weighted by Crippen LogP contribution is -2.36. The smallest absolute Gasteiger partial charge is 0.113 e. The lowest BCUT2D eigenvalue weighted by atomic mass is 10.1. The molecule has 1 aromatic heterocycles. The molecule has 2 rings (SSSR count). The van der Waals surface area contributed by atoms with Crippen molar-refractivity contribution >= 4 is 19.1 Å². The fourth-order valence-corrected chi connectivity index (χ4v) is 4.80. The third kappa shape index (κ3) is 3.48. The predicted octanol–water partition coefficient (Wildman–Crippen LogP) is 4.82. The summed E-state index contributed by atoms with van der Waals surface area (Å²) in [6, 6.07) is 8.32. The van der Waals surface area contributed by atoms with E-state index in [1.807, 2.05) is 6.07 Å². The van der Waals surface area contributed by atoms with Gasteiger partial charge in [-0.1, -0.05) is 69.6 Å². The maximum atomic E-state index is 4.46. The molecule has 4 heteroatoms. The van der Waals surface area contributed by atoms with E-state index < -0.39 is 8.07 Å². The number of para-hydroxylation sites is 1. The molecule has 0 aliphatic heterocycles. The molecule has 0 saturated carbocycles. The molecular weight excluding hydrogens is 262 g/mol. The van der Waals surface area contributed by atoms with Crippen LogP contribution in [0.3, 0.4) is 0 Å². The van der Waals surface area contributed by atoms with Crippen LogP contribution < -0.4 is 0 Å². The topological polar surface area (TPSA) is 30.7 Å². The fourth-order valence-electron chi connectivity index (χ4n) is 2.80. The van der Waals surface area contributed by atoms with E-state index in [2.05, 4.69) is 59.8 Å². The maximum Gasteiger partial charge on any atom is 0.113 e. The minimum atomic E-state index is -1.31. The van der Waals surface area contributed by atoms with Crippen LogP contribution in [0.15, 0.2) is 24.3 Å². The molecule has 0 amide bonds. The largest absolute Gasteiger partial charge is 0.245 e. The molecule has 1 atom stereocenters. The number of nitrogens with zero attached hydrogens (tertiary/aromatic N) is 3. The summed E-state index contributed by atoms with van der Waals surface area (Å²) >= 11 is 0. The number of fused-ring (bicyclic) bond motifs is 1. The number of aromatic nitrogens is 3. The lowest BCUT2D eigenvalue weighted by molar-refractivity contribution is 0.496. The quantitative estimate of drug-likeness (QED) is 0.540. The second-order valence-electron chi connectivity index (χ2n) is 6.75. The van der Waals surface area contributed by atoms with Crippen LogP contribution in [0.4, 0.5) is 0 Å². The van der Waals surface area contributed by atoms with Gasteiger partial charge in [0.25, 0.3) is 0 Å². The van der Waals surface area contributed by atoms with Gasteiger partial charge >= 0.3 is 0 Å². The van der Waals surface area contributed by atoms with Gasteiger partial charge in [-0.25, -0.2) is 4.68 Å². The van der Waals surface area contributed by atoms with Gasteiger partial charge in [0.15, 0.2) is 0 Å². The molecule has 0 aliphatic carbocycles. The zero-order valence-corrected chi connectivity index (χ0v) is 14.3. The van der Waals surface area contributed by atoms with Gasteiger partial charge in [-0.3, -0.25) is 0 Å². The van der Waals surface area contributed by atoms with E-state index in [1.165, 1.54) is 37.6 Å². The summed E-state index contributed by atoms with van der Waals surface area (Å²) < 4.78 is 2.20. The normalized spacial score (nSPS) is 13.8. The molecular formula is C16H27N3Si. The number of benzene rings is 1. The van der Waals surface area contributed by atoms with Crippen LogP contribution >= 0.6 is 0 Å². The van der Waals surface area contributed by atoms with Gasteiger partial charge in [0.1, 0.15) is 5.52 Å².